The van der Waals surface area contributed by atoms with Gasteiger partial charge in [-0.05, 0) is 55.2 Å². The summed E-state index contributed by atoms with van der Waals surface area (Å²) in [6.45, 7) is 7.85. The third-order valence-electron chi connectivity index (χ3n) is 5.52. The van der Waals surface area contributed by atoms with Gasteiger partial charge in [-0.3, -0.25) is 4.79 Å². The molecule has 0 aliphatic heterocycles. The molecule has 0 saturated heterocycles. The smallest absolute Gasteiger partial charge is 0.255 e. The summed E-state index contributed by atoms with van der Waals surface area (Å²) in [5.41, 5.74) is 23.8. The lowest BCUT2D eigenvalue weighted by Crippen LogP contribution is -2.37. The highest BCUT2D eigenvalue weighted by atomic mass is 16.1. The van der Waals surface area contributed by atoms with E-state index in [-0.39, 0.29) is 5.91 Å². The first kappa shape index (κ1) is 25.7. The predicted molar refractivity (Wildman–Crippen MR) is 138 cm³/mol. The average molecular weight is 445 g/mol. The number of rotatable bonds is 6. The predicted octanol–water partition coefficient (Wildman–Crippen LogP) is 4.78. The van der Waals surface area contributed by atoms with Crippen molar-refractivity contribution >= 4 is 5.91 Å². The maximum absolute atomic E-state index is 12.7. The molecule has 174 valence electrons. The van der Waals surface area contributed by atoms with Crippen LogP contribution in [0.3, 0.4) is 0 Å². The first-order valence-corrected chi connectivity index (χ1v) is 11.3. The van der Waals surface area contributed by atoms with E-state index < -0.39 is 5.54 Å². The van der Waals surface area contributed by atoms with Crippen molar-refractivity contribution in [3.05, 3.63) is 118 Å². The molecule has 3 rings (SSSR count). The lowest BCUT2D eigenvalue weighted by molar-refractivity contribution is 0.0966. The average Bonchev–Trinajstić information content (AvgIpc) is 3.03. The van der Waals surface area contributed by atoms with Gasteiger partial charge in [-0.1, -0.05) is 74.5 Å². The van der Waals surface area contributed by atoms with Crippen LogP contribution in [0, 0.1) is 0 Å². The summed E-state index contributed by atoms with van der Waals surface area (Å²) in [4.78, 5) is 12.7. The van der Waals surface area contributed by atoms with E-state index in [2.05, 4.69) is 5.32 Å². The second-order valence-corrected chi connectivity index (χ2v) is 7.99. The molecule has 0 saturated carbocycles. The zero-order chi connectivity index (χ0) is 24.4. The van der Waals surface area contributed by atoms with Gasteiger partial charge in [0.05, 0.1) is 11.2 Å². The van der Waals surface area contributed by atoms with Gasteiger partial charge in [0.25, 0.3) is 5.91 Å². The van der Waals surface area contributed by atoms with Crippen molar-refractivity contribution in [2.45, 2.75) is 46.1 Å². The summed E-state index contributed by atoms with van der Waals surface area (Å²) in [5, 5.41) is 2.89. The molecule has 7 N–H and O–H groups in total. The highest BCUT2D eigenvalue weighted by molar-refractivity contribution is 5.95. The summed E-state index contributed by atoms with van der Waals surface area (Å²) in [5.74, 6) is -0.199. The molecule has 1 atom stereocenters. The summed E-state index contributed by atoms with van der Waals surface area (Å²) in [6, 6.07) is 17.4. The van der Waals surface area contributed by atoms with E-state index in [1.54, 1.807) is 18.2 Å². The fourth-order valence-electron chi connectivity index (χ4n) is 3.63. The number of nitrogens with two attached hydrogens (primary N) is 3. The Kier molecular flexibility index (Phi) is 9.25. The van der Waals surface area contributed by atoms with Crippen LogP contribution in [0.1, 0.15) is 55.6 Å². The number of amides is 1. The summed E-state index contributed by atoms with van der Waals surface area (Å²) in [6.07, 6.45) is 8.72. The third-order valence-corrected chi connectivity index (χ3v) is 5.52. The molecule has 1 amide bonds. The Bertz CT molecular complexity index is 1050. The first-order valence-electron chi connectivity index (χ1n) is 11.3. The van der Waals surface area contributed by atoms with E-state index >= 15 is 0 Å². The largest absolute Gasteiger partial charge is 0.402 e. The normalized spacial score (nSPS) is 15.5. The zero-order valence-corrected chi connectivity index (χ0v) is 20.1. The molecule has 2 aromatic carbocycles. The van der Waals surface area contributed by atoms with Gasteiger partial charge in [0.1, 0.15) is 0 Å². The van der Waals surface area contributed by atoms with E-state index in [0.717, 1.165) is 16.7 Å². The fraction of sp³-hybridized carbons (Fsp3) is 0.250. The quantitative estimate of drug-likeness (QED) is 0.514. The number of benzene rings is 2. The van der Waals surface area contributed by atoms with Crippen LogP contribution < -0.4 is 22.5 Å². The Hall–Kier alpha value is -3.57. The van der Waals surface area contributed by atoms with E-state index in [0.29, 0.717) is 35.5 Å². The topological polar surface area (TPSA) is 107 Å². The number of hydrogen-bond acceptors (Lipinski definition) is 4. The number of hydrogen-bond donors (Lipinski definition) is 4. The molecule has 0 spiro atoms. The zero-order valence-electron chi connectivity index (χ0n) is 20.1. The van der Waals surface area contributed by atoms with Crippen LogP contribution in [0.5, 0.6) is 0 Å². The van der Waals surface area contributed by atoms with E-state index in [1.165, 1.54) is 0 Å². The van der Waals surface area contributed by atoms with Gasteiger partial charge in [0, 0.05) is 23.4 Å². The van der Waals surface area contributed by atoms with Gasteiger partial charge in [0.2, 0.25) is 0 Å². The number of carbonyl (C=O) groups is 1. The van der Waals surface area contributed by atoms with Gasteiger partial charge in [-0.25, -0.2) is 0 Å². The molecule has 5 nitrogen and oxygen atoms in total. The van der Waals surface area contributed by atoms with Crippen LogP contribution in [0.25, 0.3) is 0 Å². The molecular weight excluding hydrogens is 408 g/mol. The SMILES string of the molecule is C/C(N)=C(\Cc1ccc(C(=O)NC2=C(N)CC=CC=C2)cc1)[C@](C)(N)c1ccccc1.CC. The Morgan fingerprint density at radius 2 is 1.67 bits per heavy atom. The van der Waals surface area contributed by atoms with Crippen molar-refractivity contribution in [3.63, 3.8) is 0 Å². The fourth-order valence-corrected chi connectivity index (χ4v) is 3.63. The molecule has 1 aliphatic rings. The van der Waals surface area contributed by atoms with E-state index in [4.69, 9.17) is 17.2 Å². The lowest BCUT2D eigenvalue weighted by Gasteiger charge is -2.30. The van der Waals surface area contributed by atoms with Crippen LogP contribution in [0.4, 0.5) is 0 Å². The highest BCUT2D eigenvalue weighted by Crippen LogP contribution is 2.30. The number of nitrogens with one attached hydrogen (secondary N) is 1. The van der Waals surface area contributed by atoms with Crippen molar-refractivity contribution in [1.29, 1.82) is 0 Å². The molecule has 2 aromatic rings. The molecule has 33 heavy (non-hydrogen) atoms. The lowest BCUT2D eigenvalue weighted by atomic mass is 9.81. The van der Waals surface area contributed by atoms with Crippen LogP contribution >= 0.6 is 0 Å². The van der Waals surface area contributed by atoms with E-state index in [9.17, 15) is 4.79 Å². The van der Waals surface area contributed by atoms with Gasteiger partial charge >= 0.3 is 0 Å². The van der Waals surface area contributed by atoms with Crippen LogP contribution in [-0.4, -0.2) is 5.91 Å². The highest BCUT2D eigenvalue weighted by Gasteiger charge is 2.27. The molecule has 0 fully saturated rings. The monoisotopic (exact) mass is 444 g/mol. The van der Waals surface area contributed by atoms with Crippen molar-refractivity contribution in [2.24, 2.45) is 17.2 Å². The summed E-state index contributed by atoms with van der Waals surface area (Å²) < 4.78 is 0. The van der Waals surface area contributed by atoms with Crippen LogP contribution in [0.2, 0.25) is 0 Å². The van der Waals surface area contributed by atoms with Gasteiger partial charge < -0.3 is 22.5 Å². The molecule has 0 aromatic heterocycles. The minimum Gasteiger partial charge on any atom is -0.402 e. The standard InChI is InChI=1S/C26H30N4O.C2H6/c1-18(27)22(26(2,29)21-9-5-3-6-10-21)17-19-13-15-20(16-14-19)25(31)30-24-12-8-4-7-11-23(24)28;1-2/h3-10,12-16H,11,17,27-29H2,1-2H3,(H,30,31);1-2H3/b22-18-;/t26-;/m1./s1. The third kappa shape index (κ3) is 6.70. The van der Waals surface area contributed by atoms with Crippen LogP contribution in [-0.2, 0) is 12.0 Å². The Morgan fingerprint density at radius 1 is 1.03 bits per heavy atom. The molecule has 0 unspecified atom stereocenters. The van der Waals surface area contributed by atoms with Gasteiger partial charge in [0.15, 0.2) is 0 Å². The Balaban J connectivity index is 0.00000187. The van der Waals surface area contributed by atoms with Gasteiger partial charge in [-0.15, -0.1) is 0 Å². The number of allylic oxidation sites excluding steroid dienone is 5. The van der Waals surface area contributed by atoms with Crippen molar-refractivity contribution < 1.29 is 4.79 Å². The Morgan fingerprint density at radius 3 is 2.27 bits per heavy atom. The minimum atomic E-state index is -0.694. The molecule has 0 bridgehead atoms. The van der Waals surface area contributed by atoms with Crippen molar-refractivity contribution in [2.75, 3.05) is 0 Å². The molecule has 0 heterocycles. The molecule has 0 radical (unpaired) electrons. The molecule has 1 aliphatic carbocycles. The first-order chi connectivity index (χ1) is 15.8. The summed E-state index contributed by atoms with van der Waals surface area (Å²) >= 11 is 0. The Labute approximate surface area is 197 Å². The van der Waals surface area contributed by atoms with Crippen LogP contribution in [0.15, 0.2) is 102 Å². The van der Waals surface area contributed by atoms with Crippen molar-refractivity contribution in [1.82, 2.24) is 5.32 Å². The van der Waals surface area contributed by atoms with E-state index in [1.807, 2.05) is 88.4 Å². The maximum atomic E-state index is 12.7. The second kappa shape index (κ2) is 11.9. The summed E-state index contributed by atoms with van der Waals surface area (Å²) in [7, 11) is 0. The minimum absolute atomic E-state index is 0.199. The maximum Gasteiger partial charge on any atom is 0.255 e. The number of carbonyl (C=O) groups excluding carboxylic acids is 1. The van der Waals surface area contributed by atoms with Gasteiger partial charge in [-0.2, -0.15) is 0 Å². The van der Waals surface area contributed by atoms with Crippen molar-refractivity contribution in [3.8, 4) is 0 Å². The second-order valence-electron chi connectivity index (χ2n) is 7.99. The molecule has 5 heteroatoms. The molecular formula is C28H36N4O.